The van der Waals surface area contributed by atoms with Gasteiger partial charge in [-0.15, -0.1) is 10.2 Å². The fourth-order valence-electron chi connectivity index (χ4n) is 4.07. The molecule has 0 radical (unpaired) electrons. The van der Waals surface area contributed by atoms with Gasteiger partial charge in [-0.2, -0.15) is 10.2 Å². The number of nitro benzene ring substituents is 1. The molecule has 0 saturated heterocycles. The summed E-state index contributed by atoms with van der Waals surface area (Å²) in [5.74, 6) is 0.0404. The summed E-state index contributed by atoms with van der Waals surface area (Å²) in [5, 5.41) is 40.6. The first kappa shape index (κ1) is 37.8. The van der Waals surface area contributed by atoms with Crippen LogP contribution in [0.3, 0.4) is 0 Å². The number of aromatic hydroxyl groups is 1. The summed E-state index contributed by atoms with van der Waals surface area (Å²) in [7, 11) is -9.82. The van der Waals surface area contributed by atoms with E-state index in [1.54, 1.807) is 6.07 Å². The quantitative estimate of drug-likeness (QED) is 0.0725. The average Bonchev–Trinajstić information content (AvgIpc) is 2.99. The zero-order valence-electron chi connectivity index (χ0n) is 24.5. The molecule has 5 aromatic carbocycles. The summed E-state index contributed by atoms with van der Waals surface area (Å²) >= 11 is 0. The first-order chi connectivity index (χ1) is 21.3. The van der Waals surface area contributed by atoms with Gasteiger partial charge in [0.15, 0.2) is 0 Å². The maximum absolute atomic E-state index is 11.7. The number of fused-ring (bicyclic) bond motifs is 1. The van der Waals surface area contributed by atoms with Crippen molar-refractivity contribution >= 4 is 70.8 Å². The minimum absolute atomic E-state index is 0. The largest absolute Gasteiger partial charge is 1.00 e. The second kappa shape index (κ2) is 15.5. The summed E-state index contributed by atoms with van der Waals surface area (Å²) in [6.45, 7) is 0. The Kier molecular flexibility index (Phi) is 12.5. The molecule has 0 bridgehead atoms. The molecule has 0 aliphatic heterocycles. The topological polar surface area (TPSA) is 239 Å². The van der Waals surface area contributed by atoms with Crippen molar-refractivity contribution in [3.05, 3.63) is 107 Å². The van der Waals surface area contributed by atoms with Crippen LogP contribution in [-0.2, 0) is 20.2 Å². The van der Waals surface area contributed by atoms with Crippen molar-refractivity contribution < 1.29 is 95.1 Å². The summed E-state index contributed by atoms with van der Waals surface area (Å²) in [4.78, 5) is 8.92. The van der Waals surface area contributed by atoms with Crippen molar-refractivity contribution in [1.29, 1.82) is 0 Å². The third-order valence-corrected chi connectivity index (χ3v) is 7.93. The number of non-ortho nitro benzene ring substituents is 1. The predicted octanol–water partition coefficient (Wildman–Crippen LogP) is 0.844. The standard InChI is InChI=1S/C28H20N6O9S2.2Na/c35-21-8-5-19(6-9-21)31-33-26-14-13-25(23-11-10-22(16-24(23)26)44(38,39)40)32-30-18-3-1-17(2-4-18)29-27-12-7-20(34(36)37)15-28(27)45(41,42)43;;/h1-16,29,35H,(H,38,39,40)(H,41,42,43);;/q;2*+1/p-2. The van der Waals surface area contributed by atoms with E-state index < -0.39 is 40.6 Å². The zero-order valence-corrected chi connectivity index (χ0v) is 30.1. The Bertz CT molecular complexity index is 2230. The van der Waals surface area contributed by atoms with Crippen molar-refractivity contribution in [2.24, 2.45) is 20.5 Å². The minimum Gasteiger partial charge on any atom is -0.744 e. The third kappa shape index (κ3) is 9.48. The Balaban J connectivity index is 0.00000300. The molecule has 0 unspecified atom stereocenters. The van der Waals surface area contributed by atoms with Crippen molar-refractivity contribution in [3.63, 3.8) is 0 Å². The molecule has 0 aromatic heterocycles. The van der Waals surface area contributed by atoms with Gasteiger partial charge in [-0.1, -0.05) is 6.07 Å². The molecule has 0 amide bonds. The van der Waals surface area contributed by atoms with E-state index >= 15 is 0 Å². The van der Waals surface area contributed by atoms with Crippen LogP contribution in [-0.4, -0.2) is 36.0 Å². The van der Waals surface area contributed by atoms with Crippen LogP contribution in [0, 0.1) is 10.1 Å². The van der Waals surface area contributed by atoms with Gasteiger partial charge in [0.2, 0.25) is 0 Å². The average molecular weight is 693 g/mol. The number of hydrogen-bond acceptors (Lipinski definition) is 14. The molecule has 228 valence electrons. The summed E-state index contributed by atoms with van der Waals surface area (Å²) in [6, 6.07) is 21.6. The SMILES string of the molecule is O=[N+]([O-])c1ccc(Nc2ccc(N=Nc3ccc(N=Nc4ccc(O)cc4)c4cc(S(=O)(=O)[O-])ccc34)cc2)c(S(=O)(=O)[O-])c1.[Na+].[Na+]. The Hall–Kier alpha value is -3.62. The van der Waals surface area contributed by atoms with Gasteiger partial charge in [-0.05, 0) is 78.9 Å². The number of phenolic OH excluding ortho intramolecular Hbond substituents is 1. The Morgan fingerprint density at radius 3 is 1.72 bits per heavy atom. The van der Waals surface area contributed by atoms with Crippen LogP contribution in [0.5, 0.6) is 5.75 Å². The van der Waals surface area contributed by atoms with Crippen LogP contribution >= 0.6 is 0 Å². The Morgan fingerprint density at radius 2 is 1.19 bits per heavy atom. The molecular formula is C28H18N6Na2O9S2. The van der Waals surface area contributed by atoms with E-state index in [2.05, 4.69) is 25.8 Å². The number of nitrogens with one attached hydrogen (secondary N) is 1. The monoisotopic (exact) mass is 692 g/mol. The van der Waals surface area contributed by atoms with Gasteiger partial charge in [-0.25, -0.2) is 16.8 Å². The van der Waals surface area contributed by atoms with Crippen molar-refractivity contribution in [2.45, 2.75) is 9.79 Å². The minimum atomic E-state index is -5.03. The smallest absolute Gasteiger partial charge is 0.744 e. The van der Waals surface area contributed by atoms with E-state index in [1.807, 2.05) is 0 Å². The third-order valence-electron chi connectivity index (χ3n) is 6.22. The van der Waals surface area contributed by atoms with Gasteiger partial charge < -0.3 is 19.5 Å². The van der Waals surface area contributed by atoms with E-state index in [0.29, 0.717) is 34.2 Å². The van der Waals surface area contributed by atoms with Gasteiger partial charge in [0.05, 0.1) is 43.2 Å². The molecule has 0 spiro atoms. The van der Waals surface area contributed by atoms with Crippen LogP contribution in [0.2, 0.25) is 0 Å². The molecule has 0 aliphatic rings. The number of hydrogen-bond donors (Lipinski definition) is 2. The molecule has 0 heterocycles. The molecule has 15 nitrogen and oxygen atoms in total. The summed E-state index contributed by atoms with van der Waals surface area (Å²) in [6.07, 6.45) is 0. The molecule has 19 heteroatoms. The number of nitro groups is 1. The molecule has 0 aliphatic carbocycles. The number of anilines is 2. The molecule has 5 rings (SSSR count). The number of nitrogens with zero attached hydrogens (tertiary/aromatic N) is 5. The molecule has 47 heavy (non-hydrogen) atoms. The molecule has 0 saturated carbocycles. The maximum atomic E-state index is 11.7. The second-order valence-electron chi connectivity index (χ2n) is 9.25. The zero-order chi connectivity index (χ0) is 32.4. The number of phenols is 1. The summed E-state index contributed by atoms with van der Waals surface area (Å²) < 4.78 is 70.1. The van der Waals surface area contributed by atoms with E-state index in [9.17, 15) is 41.2 Å². The van der Waals surface area contributed by atoms with Gasteiger partial charge in [0.25, 0.3) is 5.69 Å². The maximum Gasteiger partial charge on any atom is 1.00 e. The van der Waals surface area contributed by atoms with Crippen LogP contribution in [0.4, 0.5) is 39.8 Å². The molecule has 2 N–H and O–H groups in total. The van der Waals surface area contributed by atoms with Crippen LogP contribution < -0.4 is 64.4 Å². The van der Waals surface area contributed by atoms with Crippen LogP contribution in [0.1, 0.15) is 0 Å². The predicted molar refractivity (Wildman–Crippen MR) is 159 cm³/mol. The second-order valence-corrected chi connectivity index (χ2v) is 12.0. The van der Waals surface area contributed by atoms with E-state index in [1.165, 1.54) is 60.7 Å². The van der Waals surface area contributed by atoms with E-state index in [-0.39, 0.29) is 81.6 Å². The number of benzene rings is 5. The molecular weight excluding hydrogens is 674 g/mol. The fourth-order valence-corrected chi connectivity index (χ4v) is 5.22. The normalized spacial score (nSPS) is 11.7. The van der Waals surface area contributed by atoms with Crippen molar-refractivity contribution in [1.82, 2.24) is 0 Å². The Morgan fingerprint density at radius 1 is 0.638 bits per heavy atom. The van der Waals surface area contributed by atoms with Gasteiger partial charge in [-0.3, -0.25) is 10.1 Å². The van der Waals surface area contributed by atoms with E-state index in [0.717, 1.165) is 24.3 Å². The van der Waals surface area contributed by atoms with Crippen LogP contribution in [0.25, 0.3) is 10.8 Å². The molecule has 0 atom stereocenters. The van der Waals surface area contributed by atoms with Crippen molar-refractivity contribution in [3.8, 4) is 5.75 Å². The molecule has 0 fully saturated rings. The molecule has 5 aromatic rings. The van der Waals surface area contributed by atoms with Gasteiger partial charge in [0, 0.05) is 28.6 Å². The number of azo groups is 2. The summed E-state index contributed by atoms with van der Waals surface area (Å²) in [5.41, 5.74) is 0.938. The van der Waals surface area contributed by atoms with E-state index in [4.69, 9.17) is 0 Å². The first-order valence-corrected chi connectivity index (χ1v) is 15.4. The van der Waals surface area contributed by atoms with Crippen LogP contribution in [0.15, 0.2) is 127 Å². The first-order valence-electron chi connectivity index (χ1n) is 12.5. The fraction of sp³-hybridized carbons (Fsp3) is 0. The number of rotatable bonds is 9. The van der Waals surface area contributed by atoms with Crippen molar-refractivity contribution in [2.75, 3.05) is 5.32 Å². The van der Waals surface area contributed by atoms with Gasteiger partial charge >= 0.3 is 59.1 Å². The van der Waals surface area contributed by atoms with Gasteiger partial charge in [0.1, 0.15) is 26.0 Å². The Labute approximate surface area is 311 Å².